The molecule has 18 heavy (non-hydrogen) atoms. The fourth-order valence-electron chi connectivity index (χ4n) is 2.98. The highest BCUT2D eigenvalue weighted by atomic mass is 35.5. The summed E-state index contributed by atoms with van der Waals surface area (Å²) in [5, 5.41) is 3.65. The van der Waals surface area contributed by atoms with Crippen LogP contribution >= 0.6 is 24.0 Å². The molecule has 100 valence electrons. The van der Waals surface area contributed by atoms with E-state index in [9.17, 15) is 4.39 Å². The van der Waals surface area contributed by atoms with E-state index in [0.717, 1.165) is 50.1 Å². The fraction of sp³-hybridized carbons (Fsp3) is 0.538. The van der Waals surface area contributed by atoms with Gasteiger partial charge in [-0.3, -0.25) is 4.90 Å². The molecule has 3 rings (SSSR count). The summed E-state index contributed by atoms with van der Waals surface area (Å²) in [5.74, 6) is 1.26. The zero-order valence-corrected chi connectivity index (χ0v) is 11.6. The molecule has 0 aromatic heterocycles. The smallest absolute Gasteiger partial charge is 0.141 e. The number of nitrogens with one attached hydrogen (secondary N) is 1. The Morgan fingerprint density at radius 3 is 2.56 bits per heavy atom. The molecule has 0 unspecified atom stereocenters. The van der Waals surface area contributed by atoms with Crippen molar-refractivity contribution in [1.82, 2.24) is 10.2 Å². The summed E-state index contributed by atoms with van der Waals surface area (Å²) in [6.07, 6.45) is 0. The zero-order valence-electron chi connectivity index (χ0n) is 10.0. The second-order valence-corrected chi connectivity index (χ2v) is 5.53. The van der Waals surface area contributed by atoms with Crippen LogP contribution in [0.25, 0.3) is 0 Å². The lowest BCUT2D eigenvalue weighted by Crippen LogP contribution is -2.25. The monoisotopic (exact) mass is 290 g/mol. The molecule has 2 fully saturated rings. The molecule has 0 radical (unpaired) electrons. The molecule has 2 saturated heterocycles. The van der Waals surface area contributed by atoms with Crippen molar-refractivity contribution in [2.24, 2.45) is 11.8 Å². The fourth-order valence-corrected chi connectivity index (χ4v) is 3.18. The number of halogens is 3. The quantitative estimate of drug-likeness (QED) is 0.901. The zero-order chi connectivity index (χ0) is 11.8. The number of fused-ring (bicyclic) bond motifs is 1. The first-order valence-electron chi connectivity index (χ1n) is 6.09. The minimum atomic E-state index is -0.335. The van der Waals surface area contributed by atoms with Gasteiger partial charge in [-0.1, -0.05) is 17.7 Å². The van der Waals surface area contributed by atoms with E-state index in [1.807, 2.05) is 6.07 Å². The van der Waals surface area contributed by atoms with Crippen LogP contribution in [0.4, 0.5) is 4.39 Å². The Balaban J connectivity index is 0.00000120. The molecule has 0 saturated carbocycles. The van der Waals surface area contributed by atoms with Gasteiger partial charge in [0.25, 0.3) is 0 Å². The van der Waals surface area contributed by atoms with E-state index in [2.05, 4.69) is 10.2 Å². The molecule has 1 N–H and O–H groups in total. The molecule has 0 aliphatic carbocycles. The minimum absolute atomic E-state index is 0. The first kappa shape index (κ1) is 14.1. The van der Waals surface area contributed by atoms with Crippen molar-refractivity contribution in [2.75, 3.05) is 26.2 Å². The first-order chi connectivity index (χ1) is 8.22. The van der Waals surface area contributed by atoms with Gasteiger partial charge >= 0.3 is 0 Å². The number of benzene rings is 1. The van der Waals surface area contributed by atoms with Gasteiger partial charge in [0.15, 0.2) is 0 Å². The Hall–Kier alpha value is -0.350. The van der Waals surface area contributed by atoms with Crippen LogP contribution in [-0.2, 0) is 6.54 Å². The van der Waals surface area contributed by atoms with Crippen molar-refractivity contribution in [3.8, 4) is 0 Å². The maximum atomic E-state index is 13.0. The number of likely N-dealkylation sites (tertiary alicyclic amines) is 1. The van der Waals surface area contributed by atoms with Crippen molar-refractivity contribution in [3.63, 3.8) is 0 Å². The molecular formula is C13H17Cl2FN2. The van der Waals surface area contributed by atoms with Crippen LogP contribution in [0.1, 0.15) is 5.56 Å². The Kier molecular flexibility index (Phi) is 4.49. The molecule has 2 aliphatic rings. The second kappa shape index (κ2) is 5.74. The highest BCUT2D eigenvalue weighted by Gasteiger charge is 2.35. The maximum absolute atomic E-state index is 13.0. The van der Waals surface area contributed by atoms with Crippen LogP contribution in [0.2, 0.25) is 5.02 Å². The largest absolute Gasteiger partial charge is 0.316 e. The van der Waals surface area contributed by atoms with E-state index in [1.165, 1.54) is 6.07 Å². The van der Waals surface area contributed by atoms with Gasteiger partial charge in [0.2, 0.25) is 0 Å². The molecule has 5 heteroatoms. The Labute approximate surface area is 118 Å². The molecule has 1 aromatic carbocycles. The average molecular weight is 291 g/mol. The molecule has 0 amide bonds. The van der Waals surface area contributed by atoms with Gasteiger partial charge < -0.3 is 5.32 Å². The van der Waals surface area contributed by atoms with Crippen LogP contribution in [0.15, 0.2) is 18.2 Å². The normalized spacial score (nSPS) is 27.0. The second-order valence-electron chi connectivity index (χ2n) is 5.12. The summed E-state index contributed by atoms with van der Waals surface area (Å²) in [5.41, 5.74) is 1.10. The highest BCUT2D eigenvalue weighted by Crippen LogP contribution is 2.28. The van der Waals surface area contributed by atoms with Crippen LogP contribution in [0, 0.1) is 17.7 Å². The summed E-state index contributed by atoms with van der Waals surface area (Å²) in [6, 6.07) is 5.02. The molecule has 2 heterocycles. The molecular weight excluding hydrogens is 274 g/mol. The van der Waals surface area contributed by atoms with E-state index in [1.54, 1.807) is 6.07 Å². The molecule has 1 aromatic rings. The van der Waals surface area contributed by atoms with E-state index in [4.69, 9.17) is 11.6 Å². The standard InChI is InChI=1S/C13H16ClFN2.ClH/c14-12-3-9(1-2-13(12)15)6-17-7-10-4-16-5-11(10)8-17;/h1-3,10-11,16H,4-8H2;1H/t10-,11+;. The van der Waals surface area contributed by atoms with Crippen molar-refractivity contribution >= 4 is 24.0 Å². The Morgan fingerprint density at radius 2 is 1.94 bits per heavy atom. The van der Waals surface area contributed by atoms with Crippen LogP contribution in [0.3, 0.4) is 0 Å². The summed E-state index contributed by atoms with van der Waals surface area (Å²) >= 11 is 5.79. The lowest BCUT2D eigenvalue weighted by Gasteiger charge is -2.17. The van der Waals surface area contributed by atoms with E-state index in [-0.39, 0.29) is 23.2 Å². The summed E-state index contributed by atoms with van der Waals surface area (Å²) < 4.78 is 13.0. The van der Waals surface area contributed by atoms with Crippen molar-refractivity contribution < 1.29 is 4.39 Å². The van der Waals surface area contributed by atoms with Crippen molar-refractivity contribution in [2.45, 2.75) is 6.54 Å². The minimum Gasteiger partial charge on any atom is -0.316 e. The molecule has 0 spiro atoms. The summed E-state index contributed by atoms with van der Waals surface area (Å²) in [6.45, 7) is 5.46. The van der Waals surface area contributed by atoms with Crippen molar-refractivity contribution in [3.05, 3.63) is 34.6 Å². The van der Waals surface area contributed by atoms with Gasteiger partial charge in [0.05, 0.1) is 5.02 Å². The molecule has 2 aliphatic heterocycles. The third kappa shape index (κ3) is 2.80. The first-order valence-corrected chi connectivity index (χ1v) is 6.47. The van der Waals surface area contributed by atoms with Gasteiger partial charge in [-0.05, 0) is 42.6 Å². The predicted octanol–water partition coefficient (Wildman–Crippen LogP) is 2.55. The van der Waals surface area contributed by atoms with E-state index in [0.29, 0.717) is 0 Å². The van der Waals surface area contributed by atoms with Gasteiger partial charge in [0, 0.05) is 19.6 Å². The number of hydrogen-bond donors (Lipinski definition) is 1. The van der Waals surface area contributed by atoms with E-state index >= 15 is 0 Å². The van der Waals surface area contributed by atoms with E-state index < -0.39 is 0 Å². The van der Waals surface area contributed by atoms with Crippen molar-refractivity contribution in [1.29, 1.82) is 0 Å². The maximum Gasteiger partial charge on any atom is 0.141 e. The Bertz CT molecular complexity index is 415. The molecule has 2 nitrogen and oxygen atoms in total. The lowest BCUT2D eigenvalue weighted by atomic mass is 10.0. The third-order valence-corrected chi connectivity index (χ3v) is 4.14. The average Bonchev–Trinajstić information content (AvgIpc) is 2.84. The summed E-state index contributed by atoms with van der Waals surface area (Å²) in [4.78, 5) is 2.44. The highest BCUT2D eigenvalue weighted by molar-refractivity contribution is 6.30. The number of rotatable bonds is 2. The van der Waals surface area contributed by atoms with Gasteiger partial charge in [-0.25, -0.2) is 4.39 Å². The lowest BCUT2D eigenvalue weighted by molar-refractivity contribution is 0.305. The molecule has 0 bridgehead atoms. The number of hydrogen-bond acceptors (Lipinski definition) is 2. The topological polar surface area (TPSA) is 15.3 Å². The van der Waals surface area contributed by atoms with Crippen LogP contribution < -0.4 is 5.32 Å². The molecule has 2 atom stereocenters. The van der Waals surface area contributed by atoms with Gasteiger partial charge in [-0.15, -0.1) is 12.4 Å². The van der Waals surface area contributed by atoms with Crippen LogP contribution in [0.5, 0.6) is 0 Å². The Morgan fingerprint density at radius 1 is 1.28 bits per heavy atom. The van der Waals surface area contributed by atoms with Gasteiger partial charge in [-0.2, -0.15) is 0 Å². The van der Waals surface area contributed by atoms with Crippen LogP contribution in [-0.4, -0.2) is 31.1 Å². The predicted molar refractivity (Wildman–Crippen MR) is 73.8 cm³/mol. The number of nitrogens with zero attached hydrogens (tertiary/aromatic N) is 1. The SMILES string of the molecule is Cl.Fc1ccc(CN2C[C@H]3CNC[C@H]3C2)cc1Cl. The summed E-state index contributed by atoms with van der Waals surface area (Å²) in [7, 11) is 0. The third-order valence-electron chi connectivity index (χ3n) is 3.86. The van der Waals surface area contributed by atoms with Gasteiger partial charge in [0.1, 0.15) is 5.82 Å².